The van der Waals surface area contributed by atoms with Crippen molar-refractivity contribution in [3.05, 3.63) is 41.2 Å². The highest BCUT2D eigenvalue weighted by atomic mass is 35.5. The molecule has 0 radical (unpaired) electrons. The van der Waals surface area contributed by atoms with Gasteiger partial charge in [-0.25, -0.2) is 4.79 Å². The number of hydrogen-bond acceptors (Lipinski definition) is 3. The number of hydrogen-bond donors (Lipinski definition) is 1. The molecule has 17 heavy (non-hydrogen) atoms. The molecular formula is C11H9ClN2O3. The molecule has 1 N–H and O–H groups in total. The average Bonchev–Trinajstić information content (AvgIpc) is 2.66. The maximum atomic E-state index is 11.0. The van der Waals surface area contributed by atoms with Crippen LogP contribution in [0.25, 0.3) is 0 Å². The molecule has 0 aliphatic carbocycles. The van der Waals surface area contributed by atoms with Crippen LogP contribution in [0.5, 0.6) is 11.5 Å². The van der Waals surface area contributed by atoms with Crippen LogP contribution in [-0.2, 0) is 7.05 Å². The second-order valence-electron chi connectivity index (χ2n) is 3.40. The Morgan fingerprint density at radius 1 is 1.53 bits per heavy atom. The summed E-state index contributed by atoms with van der Waals surface area (Å²) in [5.41, 5.74) is 0.0151. The van der Waals surface area contributed by atoms with E-state index in [1.807, 2.05) is 0 Å². The maximum Gasteiger partial charge on any atom is 0.339 e. The molecule has 1 heterocycles. The Morgan fingerprint density at radius 3 is 2.88 bits per heavy atom. The normalized spacial score (nSPS) is 10.2. The molecule has 0 atom stereocenters. The van der Waals surface area contributed by atoms with Gasteiger partial charge >= 0.3 is 5.97 Å². The van der Waals surface area contributed by atoms with Crippen molar-refractivity contribution in [2.45, 2.75) is 0 Å². The van der Waals surface area contributed by atoms with E-state index < -0.39 is 5.97 Å². The summed E-state index contributed by atoms with van der Waals surface area (Å²) in [4.78, 5) is 11.0. The van der Waals surface area contributed by atoms with Crippen LogP contribution >= 0.6 is 11.6 Å². The van der Waals surface area contributed by atoms with Crippen LogP contribution < -0.4 is 4.74 Å². The number of aromatic nitrogens is 2. The molecule has 0 unspecified atom stereocenters. The van der Waals surface area contributed by atoms with E-state index in [9.17, 15) is 4.79 Å². The predicted molar refractivity (Wildman–Crippen MR) is 61.7 cm³/mol. The van der Waals surface area contributed by atoms with Gasteiger partial charge in [-0.2, -0.15) is 5.10 Å². The molecule has 1 aromatic heterocycles. The second-order valence-corrected chi connectivity index (χ2v) is 3.83. The molecule has 0 bridgehead atoms. The van der Waals surface area contributed by atoms with Crippen LogP contribution in [0.3, 0.4) is 0 Å². The number of halogens is 1. The molecule has 6 heteroatoms. The fourth-order valence-corrected chi connectivity index (χ4v) is 1.51. The molecular weight excluding hydrogens is 244 g/mol. The Labute approximate surface area is 102 Å². The number of benzene rings is 1. The van der Waals surface area contributed by atoms with E-state index in [4.69, 9.17) is 21.4 Å². The predicted octanol–water partition coefficient (Wildman–Crippen LogP) is 2.56. The lowest BCUT2D eigenvalue weighted by Gasteiger charge is -2.06. The SMILES string of the molecule is Cn1cc(Oc2ccc(Cl)cc2C(=O)O)cn1. The first-order chi connectivity index (χ1) is 8.06. The second kappa shape index (κ2) is 4.47. The van der Waals surface area contributed by atoms with Gasteiger partial charge in [-0.15, -0.1) is 0 Å². The summed E-state index contributed by atoms with van der Waals surface area (Å²) < 4.78 is 6.99. The van der Waals surface area contributed by atoms with Gasteiger partial charge in [0.1, 0.15) is 11.3 Å². The molecule has 0 aliphatic rings. The summed E-state index contributed by atoms with van der Waals surface area (Å²) in [6, 6.07) is 4.42. The summed E-state index contributed by atoms with van der Waals surface area (Å²) >= 11 is 5.73. The van der Waals surface area contributed by atoms with Crippen molar-refractivity contribution >= 4 is 17.6 Å². The highest BCUT2D eigenvalue weighted by molar-refractivity contribution is 6.31. The van der Waals surface area contributed by atoms with Gasteiger partial charge in [-0.1, -0.05) is 11.6 Å². The third kappa shape index (κ3) is 2.57. The molecule has 0 spiro atoms. The zero-order valence-corrected chi connectivity index (χ0v) is 9.68. The third-order valence-electron chi connectivity index (χ3n) is 2.08. The van der Waals surface area contributed by atoms with E-state index in [0.717, 1.165) is 0 Å². The zero-order valence-electron chi connectivity index (χ0n) is 8.92. The fourth-order valence-electron chi connectivity index (χ4n) is 1.34. The van der Waals surface area contributed by atoms with Crippen molar-refractivity contribution in [3.63, 3.8) is 0 Å². The van der Waals surface area contributed by atoms with Crippen LogP contribution in [0.15, 0.2) is 30.6 Å². The van der Waals surface area contributed by atoms with Crippen molar-refractivity contribution in [1.29, 1.82) is 0 Å². The number of ether oxygens (including phenoxy) is 1. The zero-order chi connectivity index (χ0) is 12.4. The molecule has 1 aromatic carbocycles. The Hall–Kier alpha value is -2.01. The number of nitrogens with zero attached hydrogens (tertiary/aromatic N) is 2. The van der Waals surface area contributed by atoms with Crippen LogP contribution in [0.4, 0.5) is 0 Å². The maximum absolute atomic E-state index is 11.0. The van der Waals surface area contributed by atoms with Crippen molar-refractivity contribution in [1.82, 2.24) is 9.78 Å². The molecule has 2 rings (SSSR count). The minimum Gasteiger partial charge on any atom is -0.478 e. The van der Waals surface area contributed by atoms with Gasteiger partial charge in [0.15, 0.2) is 5.75 Å². The number of aromatic carboxylic acids is 1. The summed E-state index contributed by atoms with van der Waals surface area (Å²) in [7, 11) is 1.74. The number of carboxylic acid groups (broad SMARTS) is 1. The van der Waals surface area contributed by atoms with Crippen molar-refractivity contribution in [3.8, 4) is 11.5 Å². The van der Waals surface area contributed by atoms with Gasteiger partial charge in [0.25, 0.3) is 0 Å². The number of rotatable bonds is 3. The molecule has 0 fully saturated rings. The van der Waals surface area contributed by atoms with Crippen LogP contribution in [0.1, 0.15) is 10.4 Å². The first-order valence-corrected chi connectivity index (χ1v) is 5.13. The van der Waals surface area contributed by atoms with E-state index in [1.165, 1.54) is 18.3 Å². The van der Waals surface area contributed by atoms with E-state index in [-0.39, 0.29) is 11.3 Å². The van der Waals surface area contributed by atoms with E-state index >= 15 is 0 Å². The highest BCUT2D eigenvalue weighted by Gasteiger charge is 2.13. The van der Waals surface area contributed by atoms with E-state index in [0.29, 0.717) is 10.8 Å². The standard InChI is InChI=1S/C11H9ClN2O3/c1-14-6-8(5-13-14)17-10-3-2-7(12)4-9(10)11(15)16/h2-6H,1H3,(H,15,16). The number of aryl methyl sites for hydroxylation is 1. The molecule has 5 nitrogen and oxygen atoms in total. The van der Waals surface area contributed by atoms with Crippen LogP contribution in [-0.4, -0.2) is 20.9 Å². The van der Waals surface area contributed by atoms with Crippen molar-refractivity contribution in [2.24, 2.45) is 7.05 Å². The van der Waals surface area contributed by atoms with E-state index in [2.05, 4.69) is 5.10 Å². The van der Waals surface area contributed by atoms with Crippen molar-refractivity contribution in [2.75, 3.05) is 0 Å². The highest BCUT2D eigenvalue weighted by Crippen LogP contribution is 2.27. The first-order valence-electron chi connectivity index (χ1n) is 4.75. The Balaban J connectivity index is 2.35. The monoisotopic (exact) mass is 252 g/mol. The number of carbonyl (C=O) groups is 1. The Kier molecular flexibility index (Phi) is 3.01. The van der Waals surface area contributed by atoms with Crippen LogP contribution in [0.2, 0.25) is 5.02 Å². The molecule has 88 valence electrons. The minimum absolute atomic E-state index is 0.0151. The fraction of sp³-hybridized carbons (Fsp3) is 0.0909. The summed E-state index contributed by atoms with van der Waals surface area (Å²) in [5.74, 6) is -0.390. The van der Waals surface area contributed by atoms with Gasteiger partial charge in [0.05, 0.1) is 12.4 Å². The van der Waals surface area contributed by atoms with Gasteiger partial charge in [-0.05, 0) is 18.2 Å². The van der Waals surface area contributed by atoms with Gasteiger partial charge in [0, 0.05) is 12.1 Å². The quantitative estimate of drug-likeness (QED) is 0.912. The Morgan fingerprint density at radius 2 is 2.29 bits per heavy atom. The Bertz CT molecular complexity index is 566. The topological polar surface area (TPSA) is 64.3 Å². The van der Waals surface area contributed by atoms with Gasteiger partial charge in [0.2, 0.25) is 0 Å². The molecule has 0 saturated heterocycles. The largest absolute Gasteiger partial charge is 0.478 e. The smallest absolute Gasteiger partial charge is 0.339 e. The van der Waals surface area contributed by atoms with Crippen molar-refractivity contribution < 1.29 is 14.6 Å². The van der Waals surface area contributed by atoms with Crippen LogP contribution in [0, 0.1) is 0 Å². The molecule has 0 amide bonds. The summed E-state index contributed by atoms with van der Waals surface area (Å²) in [5, 5.41) is 13.3. The van der Waals surface area contributed by atoms with E-state index in [1.54, 1.807) is 24.0 Å². The third-order valence-corrected chi connectivity index (χ3v) is 2.32. The molecule has 2 aromatic rings. The lowest BCUT2D eigenvalue weighted by Crippen LogP contribution is -1.99. The molecule has 0 saturated carbocycles. The van der Waals surface area contributed by atoms with Gasteiger partial charge < -0.3 is 9.84 Å². The minimum atomic E-state index is -1.09. The summed E-state index contributed by atoms with van der Waals surface area (Å²) in [6.45, 7) is 0. The average molecular weight is 253 g/mol. The lowest BCUT2D eigenvalue weighted by atomic mass is 10.2. The summed E-state index contributed by atoms with van der Waals surface area (Å²) in [6.07, 6.45) is 3.14. The molecule has 0 aliphatic heterocycles. The lowest BCUT2D eigenvalue weighted by molar-refractivity contribution is 0.0694. The first kappa shape index (κ1) is 11.5. The number of carboxylic acids is 1. The van der Waals surface area contributed by atoms with Gasteiger partial charge in [-0.3, -0.25) is 4.68 Å².